The highest BCUT2D eigenvalue weighted by atomic mass is 16.7. The minimum absolute atomic E-state index is 0.0310. The van der Waals surface area contributed by atoms with Gasteiger partial charge in [0.2, 0.25) is 12.5 Å². The van der Waals surface area contributed by atoms with Gasteiger partial charge in [0, 0.05) is 17.4 Å². The van der Waals surface area contributed by atoms with E-state index in [1.165, 1.54) is 28.3 Å². The molecule has 2 heterocycles. The van der Waals surface area contributed by atoms with Crippen LogP contribution in [0.2, 0.25) is 0 Å². The Labute approximate surface area is 243 Å². The molecule has 0 aromatic heterocycles. The lowest BCUT2D eigenvalue weighted by molar-refractivity contribution is -0.156. The van der Waals surface area contributed by atoms with E-state index < -0.39 is 53.5 Å². The van der Waals surface area contributed by atoms with Crippen molar-refractivity contribution in [2.75, 3.05) is 34.7 Å². The maximum atomic E-state index is 13.3. The molecule has 42 heavy (non-hydrogen) atoms. The predicted molar refractivity (Wildman–Crippen MR) is 146 cm³/mol. The minimum atomic E-state index is -1.03. The Balaban J connectivity index is 1.57. The average Bonchev–Trinajstić information content (AvgIpc) is 3.56. The van der Waals surface area contributed by atoms with Gasteiger partial charge in [-0.15, -0.1) is 0 Å². The van der Waals surface area contributed by atoms with Gasteiger partial charge in [0.25, 0.3) is 0 Å². The fourth-order valence-electron chi connectivity index (χ4n) is 5.71. The number of esters is 2. The van der Waals surface area contributed by atoms with Crippen LogP contribution in [0.3, 0.4) is 0 Å². The molecular formula is C30H35NO11. The molecular weight excluding hydrogens is 550 g/mol. The Bertz CT molecular complexity index is 1370. The highest BCUT2D eigenvalue weighted by Gasteiger charge is 2.54. The Kier molecular flexibility index (Phi) is 7.74. The third kappa shape index (κ3) is 5.33. The maximum Gasteiger partial charge on any atom is 0.408 e. The molecule has 1 saturated heterocycles. The van der Waals surface area contributed by atoms with Gasteiger partial charge in [0.15, 0.2) is 23.0 Å². The Morgan fingerprint density at radius 2 is 1.55 bits per heavy atom. The first-order valence-electron chi connectivity index (χ1n) is 13.6. The fourth-order valence-corrected chi connectivity index (χ4v) is 5.71. The molecule has 0 spiro atoms. The zero-order chi connectivity index (χ0) is 30.3. The number of carbonyl (C=O) groups is 3. The van der Waals surface area contributed by atoms with E-state index in [4.69, 9.17) is 37.9 Å². The summed E-state index contributed by atoms with van der Waals surface area (Å²) in [7, 11) is 4.55. The highest BCUT2D eigenvalue weighted by Crippen LogP contribution is 2.56. The maximum absolute atomic E-state index is 13.3. The van der Waals surface area contributed by atoms with Gasteiger partial charge in [-0.3, -0.25) is 4.79 Å². The van der Waals surface area contributed by atoms with Crippen molar-refractivity contribution in [3.63, 3.8) is 0 Å². The van der Waals surface area contributed by atoms with E-state index in [0.717, 1.165) is 0 Å². The number of hydrogen-bond acceptors (Lipinski definition) is 11. The summed E-state index contributed by atoms with van der Waals surface area (Å²) >= 11 is 0. The summed E-state index contributed by atoms with van der Waals surface area (Å²) in [6.45, 7) is 6.73. The summed E-state index contributed by atoms with van der Waals surface area (Å²) in [5.74, 6) is -0.658. The van der Waals surface area contributed by atoms with Crippen LogP contribution < -0.4 is 29.0 Å². The summed E-state index contributed by atoms with van der Waals surface area (Å²) in [6.07, 6.45) is -1.63. The number of carbonyl (C=O) groups excluding carboxylic acids is 3. The smallest absolute Gasteiger partial charge is 0.408 e. The zero-order valence-corrected chi connectivity index (χ0v) is 24.6. The number of ether oxygens (including phenoxy) is 8. The van der Waals surface area contributed by atoms with Gasteiger partial charge in [-0.05, 0) is 63.1 Å². The van der Waals surface area contributed by atoms with Crippen LogP contribution in [0, 0.1) is 11.8 Å². The van der Waals surface area contributed by atoms with Gasteiger partial charge in [0.1, 0.15) is 17.7 Å². The lowest BCUT2D eigenvalue weighted by Crippen LogP contribution is -2.44. The largest absolute Gasteiger partial charge is 0.493 e. The molecule has 0 unspecified atom stereocenters. The molecule has 3 aliphatic rings. The van der Waals surface area contributed by atoms with Gasteiger partial charge < -0.3 is 43.2 Å². The van der Waals surface area contributed by atoms with E-state index in [1.807, 2.05) is 0 Å². The van der Waals surface area contributed by atoms with Crippen LogP contribution in [-0.4, -0.2) is 64.4 Å². The summed E-state index contributed by atoms with van der Waals surface area (Å²) < 4.78 is 44.9. The molecule has 1 fully saturated rings. The van der Waals surface area contributed by atoms with E-state index in [1.54, 1.807) is 45.0 Å². The fraction of sp³-hybridized carbons (Fsp3) is 0.500. The Morgan fingerprint density at radius 3 is 2.12 bits per heavy atom. The number of rotatable bonds is 7. The molecule has 2 aliphatic heterocycles. The number of hydrogen-bond donors (Lipinski definition) is 1. The lowest BCUT2D eigenvalue weighted by Gasteiger charge is -2.39. The molecule has 226 valence electrons. The van der Waals surface area contributed by atoms with Crippen molar-refractivity contribution in [3.8, 4) is 28.7 Å². The summed E-state index contributed by atoms with van der Waals surface area (Å²) in [6, 6.07) is 6.13. The first kappa shape index (κ1) is 29.2. The average molecular weight is 586 g/mol. The van der Waals surface area contributed by atoms with Crippen LogP contribution in [-0.2, 0) is 23.8 Å². The molecule has 12 heteroatoms. The monoisotopic (exact) mass is 585 g/mol. The molecule has 5 rings (SSSR count). The Morgan fingerprint density at radius 1 is 0.929 bits per heavy atom. The molecule has 5 atom stereocenters. The summed E-state index contributed by atoms with van der Waals surface area (Å²) in [5, 5.41) is 2.51. The number of benzene rings is 2. The van der Waals surface area contributed by atoms with Crippen molar-refractivity contribution in [3.05, 3.63) is 41.0 Å². The number of methoxy groups -OCH3 is 3. The minimum Gasteiger partial charge on any atom is -0.493 e. The molecule has 0 saturated carbocycles. The number of amides is 1. The molecule has 1 N–H and O–H groups in total. The van der Waals surface area contributed by atoms with Crippen LogP contribution in [0.4, 0.5) is 4.79 Å². The van der Waals surface area contributed by atoms with E-state index in [-0.39, 0.29) is 13.4 Å². The van der Waals surface area contributed by atoms with E-state index in [0.29, 0.717) is 45.4 Å². The second-order valence-electron chi connectivity index (χ2n) is 11.3. The molecule has 1 aliphatic carbocycles. The van der Waals surface area contributed by atoms with Crippen molar-refractivity contribution < 1.29 is 52.3 Å². The van der Waals surface area contributed by atoms with Crippen molar-refractivity contribution in [1.82, 2.24) is 5.32 Å². The number of nitrogens with one attached hydrogen (secondary N) is 1. The molecule has 12 nitrogen and oxygen atoms in total. The third-order valence-corrected chi connectivity index (χ3v) is 7.50. The van der Waals surface area contributed by atoms with Crippen LogP contribution >= 0.6 is 0 Å². The lowest BCUT2D eigenvalue weighted by atomic mass is 9.66. The van der Waals surface area contributed by atoms with E-state index in [9.17, 15) is 14.4 Å². The number of alkyl carbamates (subject to hydrolysis) is 1. The summed E-state index contributed by atoms with van der Waals surface area (Å²) in [4.78, 5) is 38.9. The van der Waals surface area contributed by atoms with Gasteiger partial charge in [0.05, 0.1) is 33.9 Å². The molecule has 2 aromatic carbocycles. The van der Waals surface area contributed by atoms with Crippen LogP contribution in [0.1, 0.15) is 56.4 Å². The van der Waals surface area contributed by atoms with Crippen molar-refractivity contribution >= 4 is 18.0 Å². The first-order valence-corrected chi connectivity index (χ1v) is 13.6. The van der Waals surface area contributed by atoms with Crippen LogP contribution in [0.15, 0.2) is 24.3 Å². The number of fused-ring (bicyclic) bond motifs is 3. The van der Waals surface area contributed by atoms with E-state index in [2.05, 4.69) is 5.32 Å². The highest BCUT2D eigenvalue weighted by molar-refractivity contribution is 5.82. The standard InChI is InChI=1S/C30H35NO11/c1-14(31-29(34)42-30(2,3)4)27(32)41-25-17-11-20-19(39-13-40-20)10-16(17)23(24-18(25)12-38-28(24)33)15-8-21(35-5)26(37-7)22(9-15)36-6/h8-11,14,18,23-25H,12-13H2,1-7H3,(H,31,34)/t14-,18-,23+,24+,25-/m0/s1. The molecule has 1 amide bonds. The van der Waals surface area contributed by atoms with Crippen molar-refractivity contribution in [2.45, 2.75) is 51.4 Å². The van der Waals surface area contributed by atoms with Crippen LogP contribution in [0.25, 0.3) is 0 Å². The van der Waals surface area contributed by atoms with E-state index >= 15 is 0 Å². The molecule has 2 aromatic rings. The third-order valence-electron chi connectivity index (χ3n) is 7.50. The zero-order valence-electron chi connectivity index (χ0n) is 24.6. The van der Waals surface area contributed by atoms with Gasteiger partial charge in [-0.25, -0.2) is 9.59 Å². The Hall–Kier alpha value is -4.35. The second-order valence-corrected chi connectivity index (χ2v) is 11.3. The van der Waals surface area contributed by atoms with Gasteiger partial charge in [-0.2, -0.15) is 0 Å². The predicted octanol–water partition coefficient (Wildman–Crippen LogP) is 3.87. The van der Waals surface area contributed by atoms with Gasteiger partial charge in [-0.1, -0.05) is 0 Å². The van der Waals surface area contributed by atoms with Gasteiger partial charge >= 0.3 is 18.0 Å². The second kappa shape index (κ2) is 11.1. The topological polar surface area (TPSA) is 137 Å². The number of cyclic esters (lactones) is 1. The quantitative estimate of drug-likeness (QED) is 0.374. The normalized spacial score (nSPS) is 22.7. The van der Waals surface area contributed by atoms with Crippen molar-refractivity contribution in [1.29, 1.82) is 0 Å². The summed E-state index contributed by atoms with van der Waals surface area (Å²) in [5.41, 5.74) is 1.30. The molecule has 0 bridgehead atoms. The SMILES string of the molecule is COc1cc([C@@H]2c3cc4c(cc3[C@H](OC(=O)[C@H](C)NC(=O)OC(C)(C)C)[C@H]3COC(=O)[C@@H]23)OCO4)cc(OC)c1OC. The van der Waals surface area contributed by atoms with Crippen LogP contribution in [0.5, 0.6) is 28.7 Å². The van der Waals surface area contributed by atoms with Crippen molar-refractivity contribution in [2.24, 2.45) is 11.8 Å². The first-order chi connectivity index (χ1) is 19.9. The molecule has 0 radical (unpaired) electrons.